The normalized spacial score (nSPS) is 29.5. The lowest BCUT2D eigenvalue weighted by Gasteiger charge is -2.33. The first-order valence-electron chi connectivity index (χ1n) is 12.9. The summed E-state index contributed by atoms with van der Waals surface area (Å²) in [5.74, 6) is -2.68. The largest absolute Gasteiger partial charge is 0.472 e. The zero-order chi connectivity index (χ0) is 28.0. The van der Waals surface area contributed by atoms with E-state index in [1.165, 1.54) is 19.4 Å². The summed E-state index contributed by atoms with van der Waals surface area (Å²) in [7, 11) is 1.43. The molecule has 1 aromatic carbocycles. The van der Waals surface area contributed by atoms with Gasteiger partial charge in [0.1, 0.15) is 12.3 Å². The highest BCUT2D eigenvalue weighted by Crippen LogP contribution is 2.39. The average molecular weight is 420 g/mol. The van der Waals surface area contributed by atoms with E-state index in [2.05, 4.69) is 15.3 Å². The summed E-state index contributed by atoms with van der Waals surface area (Å²) < 4.78 is 66.7. The number of carbonyl (C=O) groups excluding carboxylic acids is 1. The number of ether oxygens (including phenoxy) is 1. The van der Waals surface area contributed by atoms with E-state index in [1.807, 2.05) is 0 Å². The van der Waals surface area contributed by atoms with Gasteiger partial charge in [-0.3, -0.25) is 4.79 Å². The Morgan fingerprint density at radius 1 is 1.40 bits per heavy atom. The highest BCUT2D eigenvalue weighted by Gasteiger charge is 2.33. The highest BCUT2D eigenvalue weighted by atomic mass is 16.5. The monoisotopic (exact) mass is 419 g/mol. The van der Waals surface area contributed by atoms with Gasteiger partial charge in [0.05, 0.1) is 17.9 Å². The number of fused-ring (bicyclic) bond motifs is 1. The first-order valence-corrected chi connectivity index (χ1v) is 9.17. The topological polar surface area (TPSA) is 105 Å². The molecule has 0 spiro atoms. The summed E-state index contributed by atoms with van der Waals surface area (Å²) in [6.07, 6.45) is -1.06. The van der Waals surface area contributed by atoms with Crippen LogP contribution in [0.2, 0.25) is 0 Å². The van der Waals surface area contributed by atoms with Gasteiger partial charge in [-0.2, -0.15) is 0 Å². The van der Waals surface area contributed by atoms with E-state index in [4.69, 9.17) is 13.0 Å². The quantitative estimate of drug-likeness (QED) is 0.789. The van der Waals surface area contributed by atoms with E-state index in [1.54, 1.807) is 20.8 Å². The fraction of sp³-hybridized carbons (Fsp3) is 0.455. The van der Waals surface area contributed by atoms with Crippen LogP contribution in [0.1, 0.15) is 63.4 Å². The number of carboxylic acid groups (broad SMARTS) is 1. The zero-order valence-electron chi connectivity index (χ0n) is 24.1. The predicted octanol–water partition coefficient (Wildman–Crippen LogP) is 3.08. The molecule has 0 saturated carbocycles. The first-order chi connectivity index (χ1) is 17.1. The summed E-state index contributed by atoms with van der Waals surface area (Å²) in [6.45, 7) is 0.498. The van der Waals surface area contributed by atoms with Gasteiger partial charge in [0.15, 0.2) is 0 Å². The molecular weight excluding hydrogens is 384 g/mol. The second-order valence-corrected chi connectivity index (χ2v) is 7.55. The van der Waals surface area contributed by atoms with Gasteiger partial charge >= 0.3 is 6.09 Å². The molecular formula is C22H28N4O4. The highest BCUT2D eigenvalue weighted by molar-refractivity contribution is 5.91. The molecule has 0 saturated heterocycles. The summed E-state index contributed by atoms with van der Waals surface area (Å²) in [5, 5.41) is 12.2. The Balaban J connectivity index is 2.18. The van der Waals surface area contributed by atoms with Crippen LogP contribution in [0.15, 0.2) is 30.5 Å². The number of rotatable bonds is 4. The van der Waals surface area contributed by atoms with Gasteiger partial charge < -0.3 is 20.1 Å². The fourth-order valence-corrected chi connectivity index (χ4v) is 2.74. The van der Waals surface area contributed by atoms with Crippen LogP contribution in [0, 0.1) is 5.41 Å². The molecule has 8 nitrogen and oxygen atoms in total. The molecule has 0 aliphatic carbocycles. The third-order valence-corrected chi connectivity index (χ3v) is 4.31. The fourth-order valence-electron chi connectivity index (χ4n) is 2.74. The van der Waals surface area contributed by atoms with E-state index in [0.717, 1.165) is 0 Å². The van der Waals surface area contributed by atoms with Crippen molar-refractivity contribution >= 4 is 12.0 Å². The van der Waals surface area contributed by atoms with Crippen LogP contribution in [0.3, 0.4) is 0 Å². The van der Waals surface area contributed by atoms with Crippen molar-refractivity contribution in [3.8, 4) is 5.88 Å². The Hall–Kier alpha value is -3.16. The predicted molar refractivity (Wildman–Crippen MR) is 112 cm³/mol. The van der Waals surface area contributed by atoms with Crippen LogP contribution in [-0.4, -0.2) is 52.1 Å². The van der Waals surface area contributed by atoms with E-state index >= 15 is 0 Å². The van der Waals surface area contributed by atoms with Crippen LogP contribution in [0.4, 0.5) is 4.79 Å². The molecule has 4 unspecified atom stereocenters. The summed E-state index contributed by atoms with van der Waals surface area (Å²) in [4.78, 5) is 31.9. The smallest absolute Gasteiger partial charge is 0.407 e. The summed E-state index contributed by atoms with van der Waals surface area (Å²) >= 11 is 0. The third-order valence-electron chi connectivity index (χ3n) is 4.31. The number of hydrogen-bond acceptors (Lipinski definition) is 5. The maximum Gasteiger partial charge on any atom is 0.407 e. The standard InChI is InChI=1S/C22H28N4O4/c1-22(2,3)17-12-26(21(28)29)8-7-15-9-14(5-6-16(15)17)13-30-19-11-24-18(10-25-19)20(27)23-4/h5-6,9-11,17H,7-8,12-13H2,1-4H3,(H,23,27)(H,28,29)/i5D,6D,7D,8D,9D,12D,17D. The minimum atomic E-state index is -2.18. The number of nitrogens with one attached hydrogen (secondary N) is 1. The number of aromatic nitrogens is 2. The molecule has 2 aromatic rings. The Bertz CT molecular complexity index is 1230. The van der Waals surface area contributed by atoms with Crippen LogP contribution >= 0.6 is 0 Å². The third kappa shape index (κ3) is 4.87. The van der Waals surface area contributed by atoms with Crippen LogP contribution < -0.4 is 10.1 Å². The van der Waals surface area contributed by atoms with E-state index in [-0.39, 0.29) is 28.3 Å². The van der Waals surface area contributed by atoms with E-state index < -0.39 is 67.5 Å². The van der Waals surface area contributed by atoms with Gasteiger partial charge in [-0.15, -0.1) is 0 Å². The van der Waals surface area contributed by atoms with E-state index in [9.17, 15) is 16.1 Å². The number of carbonyl (C=O) groups is 2. The lowest BCUT2D eigenvalue weighted by Crippen LogP contribution is -2.36. The Labute approximate surface area is 186 Å². The van der Waals surface area contributed by atoms with Crippen molar-refractivity contribution in [3.63, 3.8) is 0 Å². The Kier molecular flexibility index (Phi) is 4.04. The van der Waals surface area contributed by atoms with Crippen molar-refractivity contribution in [2.45, 2.75) is 39.7 Å². The van der Waals surface area contributed by atoms with Crippen molar-refractivity contribution < 1.29 is 29.0 Å². The molecule has 0 fully saturated rings. The minimum absolute atomic E-state index is 0.0381. The maximum absolute atomic E-state index is 12.0. The molecule has 160 valence electrons. The molecule has 4 atom stereocenters. The first kappa shape index (κ1) is 14.0. The number of hydrogen-bond donors (Lipinski definition) is 2. The van der Waals surface area contributed by atoms with Gasteiger partial charge in [0.25, 0.3) is 5.91 Å². The van der Waals surface area contributed by atoms with Crippen molar-refractivity contribution in [1.82, 2.24) is 20.2 Å². The van der Waals surface area contributed by atoms with Gasteiger partial charge in [-0.05, 0) is 28.5 Å². The van der Waals surface area contributed by atoms with Crippen molar-refractivity contribution in [2.24, 2.45) is 5.41 Å². The van der Waals surface area contributed by atoms with Crippen molar-refractivity contribution in [1.29, 1.82) is 0 Å². The molecule has 2 amide bonds. The van der Waals surface area contributed by atoms with Crippen LogP contribution in [-0.2, 0) is 13.0 Å². The average Bonchev–Trinajstić information content (AvgIpc) is 2.90. The molecule has 3 rings (SSSR count). The molecule has 1 aliphatic rings. The molecule has 30 heavy (non-hydrogen) atoms. The molecule has 0 radical (unpaired) electrons. The number of nitrogens with zero attached hydrogens (tertiary/aromatic N) is 3. The van der Waals surface area contributed by atoms with Crippen LogP contribution in [0.25, 0.3) is 0 Å². The van der Waals surface area contributed by atoms with Crippen molar-refractivity contribution in [3.05, 3.63) is 52.9 Å². The molecule has 2 N–H and O–H groups in total. The van der Waals surface area contributed by atoms with Gasteiger partial charge in [0.2, 0.25) is 5.88 Å². The summed E-state index contributed by atoms with van der Waals surface area (Å²) in [5.41, 5.74) is -1.82. The second-order valence-electron chi connectivity index (χ2n) is 7.55. The van der Waals surface area contributed by atoms with Gasteiger partial charge in [-0.1, -0.05) is 38.9 Å². The molecule has 0 bridgehead atoms. The maximum atomic E-state index is 12.0. The molecule has 1 aromatic heterocycles. The molecule has 1 aliphatic heterocycles. The van der Waals surface area contributed by atoms with Crippen LogP contribution in [0.5, 0.6) is 5.88 Å². The lowest BCUT2D eigenvalue weighted by atomic mass is 9.75. The Morgan fingerprint density at radius 3 is 2.77 bits per heavy atom. The second kappa shape index (κ2) is 8.69. The minimum Gasteiger partial charge on any atom is -0.472 e. The molecule has 8 heteroatoms. The molecule has 2 heterocycles. The lowest BCUT2D eigenvalue weighted by molar-refractivity contribution is 0.0957. The SMILES string of the molecule is [2H]c1c([2H])c2c(c([2H])c1COc1cnc(C(=O)NC)cn1)C([2H])C([2H])N(C(=O)O)C([2H])C2([2H])C(C)(C)C. The number of amides is 2. The Morgan fingerprint density at radius 2 is 2.17 bits per heavy atom. The van der Waals surface area contributed by atoms with E-state index in [0.29, 0.717) is 4.90 Å². The number of benzene rings is 1. The van der Waals surface area contributed by atoms with Crippen molar-refractivity contribution in [2.75, 3.05) is 20.1 Å². The van der Waals surface area contributed by atoms with Gasteiger partial charge in [-0.25, -0.2) is 14.8 Å². The van der Waals surface area contributed by atoms with Gasteiger partial charge in [0, 0.05) is 30.1 Å². The summed E-state index contributed by atoms with van der Waals surface area (Å²) in [6, 6.07) is -1.46. The zero-order valence-corrected chi connectivity index (χ0v) is 17.1.